The summed E-state index contributed by atoms with van der Waals surface area (Å²) in [5.41, 5.74) is 1.79. The molecule has 1 heterocycles. The summed E-state index contributed by atoms with van der Waals surface area (Å²) in [5, 5.41) is 0.0462. The van der Waals surface area contributed by atoms with Crippen molar-refractivity contribution in [2.24, 2.45) is 0 Å². The van der Waals surface area contributed by atoms with Crippen molar-refractivity contribution < 1.29 is 14.0 Å². The molecular weight excluding hydrogens is 513 g/mol. The van der Waals surface area contributed by atoms with E-state index in [1.54, 1.807) is 4.90 Å². The molecule has 0 saturated carbocycles. The summed E-state index contributed by atoms with van der Waals surface area (Å²) in [7, 11) is -2.06. The van der Waals surface area contributed by atoms with Gasteiger partial charge >= 0.3 is 0 Å². The monoisotopic (exact) mass is 545 g/mol. The Labute approximate surface area is 224 Å². The normalized spacial score (nSPS) is 12.8. The van der Waals surface area contributed by atoms with Crippen LogP contribution in [0.5, 0.6) is 5.75 Å². The lowest BCUT2D eigenvalue weighted by Crippen LogP contribution is -2.47. The second-order valence-corrected chi connectivity index (χ2v) is 15.7. The van der Waals surface area contributed by atoms with Gasteiger partial charge in [-0.25, -0.2) is 9.97 Å². The first-order chi connectivity index (χ1) is 16.9. The number of halogens is 2. The Morgan fingerprint density at radius 3 is 2.14 bits per heavy atom. The van der Waals surface area contributed by atoms with Gasteiger partial charge in [0, 0.05) is 5.69 Å². The van der Waals surface area contributed by atoms with Crippen molar-refractivity contribution in [3.63, 3.8) is 0 Å². The summed E-state index contributed by atoms with van der Waals surface area (Å²) in [4.78, 5) is 23.2. The lowest BCUT2D eigenvalue weighted by Gasteiger charge is -2.39. The van der Waals surface area contributed by atoms with Crippen molar-refractivity contribution in [3.8, 4) is 5.75 Å². The van der Waals surface area contributed by atoms with Crippen LogP contribution in [0, 0.1) is 0 Å². The van der Waals surface area contributed by atoms with Crippen molar-refractivity contribution in [3.05, 3.63) is 82.4 Å². The first-order valence-electron chi connectivity index (χ1n) is 11.8. The van der Waals surface area contributed by atoms with E-state index in [4.69, 9.17) is 32.4 Å². The summed E-state index contributed by atoms with van der Waals surface area (Å²) >= 11 is 12.5. The van der Waals surface area contributed by atoms with E-state index in [9.17, 15) is 4.79 Å². The van der Waals surface area contributed by atoms with Gasteiger partial charge in [-0.05, 0) is 54.9 Å². The number of rotatable bonds is 9. The summed E-state index contributed by atoms with van der Waals surface area (Å²) in [6, 6.07) is 17.3. The highest BCUT2D eigenvalue weighted by molar-refractivity contribution is 6.74. The van der Waals surface area contributed by atoms with Gasteiger partial charge in [0.25, 0.3) is 5.91 Å². The number of aromatic nitrogens is 2. The maximum atomic E-state index is 13.7. The van der Waals surface area contributed by atoms with Gasteiger partial charge in [0.05, 0.1) is 12.6 Å². The van der Waals surface area contributed by atoms with E-state index in [-0.39, 0.29) is 27.0 Å². The molecule has 0 radical (unpaired) electrons. The van der Waals surface area contributed by atoms with Crippen molar-refractivity contribution in [2.45, 2.75) is 58.5 Å². The molecule has 0 saturated heterocycles. The number of hydrogen-bond acceptors (Lipinski definition) is 5. The Morgan fingerprint density at radius 1 is 1.00 bits per heavy atom. The molecule has 6 nitrogen and oxygen atoms in total. The Kier molecular flexibility index (Phi) is 9.16. The maximum Gasteiger partial charge on any atom is 0.264 e. The number of hydrogen-bond donors (Lipinski definition) is 0. The van der Waals surface area contributed by atoms with E-state index in [1.165, 1.54) is 6.33 Å². The highest BCUT2D eigenvalue weighted by Gasteiger charge is 2.39. The molecule has 0 unspecified atom stereocenters. The summed E-state index contributed by atoms with van der Waals surface area (Å²) < 4.78 is 12.4. The van der Waals surface area contributed by atoms with Crippen molar-refractivity contribution >= 4 is 43.1 Å². The molecule has 0 aliphatic heterocycles. The summed E-state index contributed by atoms with van der Waals surface area (Å²) in [6.45, 7) is 13.7. The van der Waals surface area contributed by atoms with Crippen LogP contribution in [0.3, 0.4) is 0 Å². The van der Waals surface area contributed by atoms with Crippen LogP contribution in [0.4, 0.5) is 5.69 Å². The van der Waals surface area contributed by atoms with E-state index in [0.717, 1.165) is 5.56 Å². The van der Waals surface area contributed by atoms with Crippen LogP contribution in [0.1, 0.15) is 43.6 Å². The molecule has 3 aromatic rings. The van der Waals surface area contributed by atoms with Gasteiger partial charge in [-0.15, -0.1) is 0 Å². The largest absolute Gasteiger partial charge is 0.489 e. The van der Waals surface area contributed by atoms with E-state index in [1.807, 2.05) is 61.5 Å². The number of benzene rings is 2. The topological polar surface area (TPSA) is 64.6 Å². The van der Waals surface area contributed by atoms with E-state index < -0.39 is 14.2 Å². The van der Waals surface area contributed by atoms with Gasteiger partial charge in [0.1, 0.15) is 34.6 Å². The smallest absolute Gasteiger partial charge is 0.264 e. The Bertz CT molecular complexity index is 1150. The van der Waals surface area contributed by atoms with Crippen molar-refractivity contribution in [2.75, 3.05) is 11.4 Å². The fraction of sp³-hybridized carbons (Fsp3) is 0.370. The van der Waals surface area contributed by atoms with Gasteiger partial charge in [-0.2, -0.15) is 0 Å². The first-order valence-corrected chi connectivity index (χ1v) is 15.5. The molecule has 0 fully saturated rings. The zero-order chi connectivity index (χ0) is 26.5. The molecule has 0 spiro atoms. The molecule has 192 valence electrons. The zero-order valence-corrected chi connectivity index (χ0v) is 24.1. The minimum absolute atomic E-state index is 0.00535. The number of amides is 1. The second-order valence-electron chi connectivity index (χ2n) is 10.2. The van der Waals surface area contributed by atoms with Crippen molar-refractivity contribution in [1.29, 1.82) is 0 Å². The molecule has 1 aromatic heterocycles. The van der Waals surface area contributed by atoms with Gasteiger partial charge in [-0.3, -0.25) is 4.79 Å². The van der Waals surface area contributed by atoms with Crippen LogP contribution in [0.15, 0.2) is 60.9 Å². The highest BCUT2D eigenvalue weighted by atomic mass is 35.5. The molecular formula is C27H33Cl2N3O3Si. The number of nitrogens with zero attached hydrogens (tertiary/aromatic N) is 3. The van der Waals surface area contributed by atoms with Gasteiger partial charge in [0.15, 0.2) is 8.32 Å². The van der Waals surface area contributed by atoms with Crippen LogP contribution in [-0.2, 0) is 11.0 Å². The van der Waals surface area contributed by atoms with Gasteiger partial charge < -0.3 is 14.1 Å². The van der Waals surface area contributed by atoms with Gasteiger partial charge in [0.2, 0.25) is 0 Å². The van der Waals surface area contributed by atoms with Crippen LogP contribution in [0.25, 0.3) is 0 Å². The molecule has 0 bridgehead atoms. The molecule has 1 amide bonds. The molecule has 3 rings (SSSR count). The zero-order valence-electron chi connectivity index (χ0n) is 21.6. The predicted molar refractivity (Wildman–Crippen MR) is 149 cm³/mol. The predicted octanol–water partition coefficient (Wildman–Crippen LogP) is 7.42. The van der Waals surface area contributed by atoms with E-state index in [2.05, 4.69) is 43.8 Å². The van der Waals surface area contributed by atoms with Crippen LogP contribution in [-0.4, -0.2) is 36.8 Å². The Morgan fingerprint density at radius 2 is 1.58 bits per heavy atom. The average Bonchev–Trinajstić information content (AvgIpc) is 2.81. The third-order valence-electron chi connectivity index (χ3n) is 6.35. The Balaban J connectivity index is 1.86. The third-order valence-corrected chi connectivity index (χ3v) is 11.5. The number of carbonyl (C=O) groups is 1. The van der Waals surface area contributed by atoms with Crippen LogP contribution in [0.2, 0.25) is 28.4 Å². The SMILES string of the molecule is C[C@H](CN(C(=O)c1c(Cl)ncnc1Cl)c1ccc(OCc2ccccc2)cc1)O[Si](C)(C)C(C)(C)C. The lowest BCUT2D eigenvalue weighted by molar-refractivity contribution is 0.0969. The summed E-state index contributed by atoms with van der Waals surface area (Å²) in [5.74, 6) is 0.300. The fourth-order valence-electron chi connectivity index (χ4n) is 3.40. The van der Waals surface area contributed by atoms with Gasteiger partial charge in [-0.1, -0.05) is 74.3 Å². The highest BCUT2D eigenvalue weighted by Crippen LogP contribution is 2.37. The fourth-order valence-corrected chi connectivity index (χ4v) is 5.31. The molecule has 0 aliphatic carbocycles. The standard InChI is InChI=1S/C27H33Cl2N3O3Si/c1-19(35-36(5,6)27(2,3)4)16-32(26(33)23-24(28)30-18-31-25(23)29)21-12-14-22(15-13-21)34-17-20-10-8-7-9-11-20/h7-15,18-19H,16-17H2,1-6H3/t19-/m1/s1. The van der Waals surface area contributed by atoms with Crippen molar-refractivity contribution in [1.82, 2.24) is 9.97 Å². The van der Waals surface area contributed by atoms with Crippen LogP contribution < -0.4 is 9.64 Å². The number of carbonyl (C=O) groups excluding carboxylic acids is 1. The minimum Gasteiger partial charge on any atom is -0.489 e. The lowest BCUT2D eigenvalue weighted by atomic mass is 10.2. The average molecular weight is 547 g/mol. The number of ether oxygens (including phenoxy) is 1. The Hall–Kier alpha value is -2.45. The number of anilines is 1. The van der Waals surface area contributed by atoms with Crippen LogP contribution >= 0.6 is 23.2 Å². The second kappa shape index (κ2) is 11.7. The van der Waals surface area contributed by atoms with E-state index >= 15 is 0 Å². The minimum atomic E-state index is -2.06. The molecule has 36 heavy (non-hydrogen) atoms. The maximum absolute atomic E-state index is 13.7. The first kappa shape index (κ1) is 28.1. The molecule has 0 N–H and O–H groups in total. The molecule has 2 aromatic carbocycles. The molecule has 1 atom stereocenters. The summed E-state index contributed by atoms with van der Waals surface area (Å²) in [6.07, 6.45) is 0.999. The molecule has 9 heteroatoms. The molecule has 0 aliphatic rings. The third kappa shape index (κ3) is 7.07. The quantitative estimate of drug-likeness (QED) is 0.206. The van der Waals surface area contributed by atoms with E-state index in [0.29, 0.717) is 24.6 Å².